The van der Waals surface area contributed by atoms with Crippen LogP contribution in [0, 0.1) is 5.92 Å². The first-order valence-electron chi connectivity index (χ1n) is 6.10. The van der Waals surface area contributed by atoms with Gasteiger partial charge in [0.2, 0.25) is 0 Å². The molecule has 0 aliphatic carbocycles. The number of ether oxygens (including phenoxy) is 2. The van der Waals surface area contributed by atoms with E-state index in [0.717, 1.165) is 0 Å². The van der Waals surface area contributed by atoms with Crippen molar-refractivity contribution < 1.29 is 24.5 Å². The highest BCUT2D eigenvalue weighted by atomic mass is 16.5. The van der Waals surface area contributed by atoms with Crippen LogP contribution in [0.3, 0.4) is 0 Å². The molecule has 5 heteroatoms. The molecule has 0 unspecified atom stereocenters. The molecular weight excluding hydrogens is 236 g/mol. The summed E-state index contributed by atoms with van der Waals surface area (Å²) >= 11 is 0. The van der Waals surface area contributed by atoms with Gasteiger partial charge in [-0.1, -0.05) is 13.5 Å². The topological polar surface area (TPSA) is 76.0 Å². The fourth-order valence-electron chi connectivity index (χ4n) is 2.14. The van der Waals surface area contributed by atoms with Gasteiger partial charge in [0.05, 0.1) is 25.7 Å². The second-order valence-electron chi connectivity index (χ2n) is 4.99. The standard InChI is InChI=1S/C13H22O5/c1-7(2)12(15)13(16)10-5-8(3)9(18-10)6-11(14)17-4/h8-10,12-13,15-16H,1,5-6H2,2-4H3/t8-,9+,10-,12-,13-/m1/s1. The summed E-state index contributed by atoms with van der Waals surface area (Å²) in [6, 6.07) is 0. The van der Waals surface area contributed by atoms with E-state index in [2.05, 4.69) is 11.3 Å². The molecule has 0 radical (unpaired) electrons. The predicted octanol–water partition coefficient (Wildman–Crippen LogP) is 0.641. The van der Waals surface area contributed by atoms with Gasteiger partial charge in [-0.3, -0.25) is 4.79 Å². The van der Waals surface area contributed by atoms with Crippen LogP contribution >= 0.6 is 0 Å². The van der Waals surface area contributed by atoms with E-state index in [0.29, 0.717) is 12.0 Å². The zero-order valence-corrected chi connectivity index (χ0v) is 11.1. The van der Waals surface area contributed by atoms with Crippen molar-refractivity contribution in [3.8, 4) is 0 Å². The maximum atomic E-state index is 11.2. The van der Waals surface area contributed by atoms with E-state index < -0.39 is 18.3 Å². The van der Waals surface area contributed by atoms with Gasteiger partial charge in [-0.2, -0.15) is 0 Å². The van der Waals surface area contributed by atoms with E-state index in [1.807, 2.05) is 6.92 Å². The Labute approximate surface area is 107 Å². The summed E-state index contributed by atoms with van der Waals surface area (Å²) in [4.78, 5) is 11.2. The van der Waals surface area contributed by atoms with Crippen LogP contribution in [0.2, 0.25) is 0 Å². The number of methoxy groups -OCH3 is 1. The molecule has 104 valence electrons. The van der Waals surface area contributed by atoms with Crippen LogP contribution in [0.1, 0.15) is 26.7 Å². The van der Waals surface area contributed by atoms with Gasteiger partial charge >= 0.3 is 5.97 Å². The zero-order chi connectivity index (χ0) is 13.9. The Morgan fingerprint density at radius 2 is 2.17 bits per heavy atom. The first-order valence-corrected chi connectivity index (χ1v) is 6.10. The van der Waals surface area contributed by atoms with E-state index in [1.165, 1.54) is 7.11 Å². The van der Waals surface area contributed by atoms with Crippen LogP contribution in [0.15, 0.2) is 12.2 Å². The Morgan fingerprint density at radius 3 is 2.67 bits per heavy atom. The van der Waals surface area contributed by atoms with Crippen molar-refractivity contribution in [2.24, 2.45) is 5.92 Å². The molecule has 1 saturated heterocycles. The second-order valence-corrected chi connectivity index (χ2v) is 4.99. The van der Waals surface area contributed by atoms with E-state index in [-0.39, 0.29) is 24.4 Å². The maximum absolute atomic E-state index is 11.2. The zero-order valence-electron chi connectivity index (χ0n) is 11.1. The highest BCUT2D eigenvalue weighted by Gasteiger charge is 2.39. The monoisotopic (exact) mass is 258 g/mol. The van der Waals surface area contributed by atoms with Gasteiger partial charge in [-0.05, 0) is 24.8 Å². The molecular formula is C13H22O5. The van der Waals surface area contributed by atoms with Crippen LogP contribution in [-0.4, -0.2) is 47.7 Å². The predicted molar refractivity (Wildman–Crippen MR) is 65.9 cm³/mol. The molecule has 0 aromatic rings. The van der Waals surface area contributed by atoms with Crippen molar-refractivity contribution in [1.29, 1.82) is 0 Å². The largest absolute Gasteiger partial charge is 0.469 e. The average Bonchev–Trinajstić information content (AvgIpc) is 2.68. The number of esters is 1. The minimum atomic E-state index is -1.01. The van der Waals surface area contributed by atoms with Crippen molar-refractivity contribution in [3.05, 3.63) is 12.2 Å². The fourth-order valence-corrected chi connectivity index (χ4v) is 2.14. The molecule has 0 aromatic heterocycles. The normalized spacial score (nSPS) is 30.8. The van der Waals surface area contributed by atoms with Gasteiger partial charge < -0.3 is 19.7 Å². The van der Waals surface area contributed by atoms with Crippen LogP contribution in [0.5, 0.6) is 0 Å². The second kappa shape index (κ2) is 6.31. The number of aliphatic hydroxyl groups is 2. The molecule has 0 aromatic carbocycles. The third-order valence-electron chi connectivity index (χ3n) is 3.39. The van der Waals surface area contributed by atoms with Gasteiger partial charge in [-0.15, -0.1) is 0 Å². The minimum absolute atomic E-state index is 0.140. The molecule has 18 heavy (non-hydrogen) atoms. The number of carbonyl (C=O) groups excluding carboxylic acids is 1. The van der Waals surface area contributed by atoms with Crippen molar-refractivity contribution in [1.82, 2.24) is 0 Å². The van der Waals surface area contributed by atoms with Crippen LogP contribution in [0.4, 0.5) is 0 Å². The Kier molecular flexibility index (Phi) is 5.31. The van der Waals surface area contributed by atoms with E-state index in [9.17, 15) is 15.0 Å². The summed E-state index contributed by atoms with van der Waals surface area (Å²) in [6.45, 7) is 7.21. The first-order chi connectivity index (χ1) is 8.36. The third-order valence-corrected chi connectivity index (χ3v) is 3.39. The lowest BCUT2D eigenvalue weighted by atomic mass is 9.95. The molecule has 5 nitrogen and oxygen atoms in total. The summed E-state index contributed by atoms with van der Waals surface area (Å²) in [5.74, 6) is -0.191. The Hall–Kier alpha value is -0.910. The van der Waals surface area contributed by atoms with Gasteiger partial charge in [0.1, 0.15) is 12.2 Å². The molecule has 1 fully saturated rings. The molecule has 5 atom stereocenters. The summed E-state index contributed by atoms with van der Waals surface area (Å²) < 4.78 is 10.2. The van der Waals surface area contributed by atoms with Crippen molar-refractivity contribution in [2.75, 3.05) is 7.11 Å². The summed E-state index contributed by atoms with van der Waals surface area (Å²) in [5, 5.41) is 19.7. The Bertz CT molecular complexity index is 315. The van der Waals surface area contributed by atoms with Crippen LogP contribution in [0.25, 0.3) is 0 Å². The maximum Gasteiger partial charge on any atom is 0.308 e. The smallest absolute Gasteiger partial charge is 0.308 e. The van der Waals surface area contributed by atoms with Gasteiger partial charge in [0.25, 0.3) is 0 Å². The summed E-state index contributed by atoms with van der Waals surface area (Å²) in [5.41, 5.74) is 0.496. The molecule has 1 heterocycles. The number of aliphatic hydroxyl groups excluding tert-OH is 2. The number of hydrogen-bond acceptors (Lipinski definition) is 5. The van der Waals surface area contributed by atoms with Crippen molar-refractivity contribution in [2.45, 2.75) is 51.1 Å². The quantitative estimate of drug-likeness (QED) is 0.559. The molecule has 1 aliphatic heterocycles. The van der Waals surface area contributed by atoms with Gasteiger partial charge in [0.15, 0.2) is 0 Å². The Balaban J connectivity index is 2.57. The van der Waals surface area contributed by atoms with Crippen molar-refractivity contribution in [3.63, 3.8) is 0 Å². The van der Waals surface area contributed by atoms with Gasteiger partial charge in [0, 0.05) is 0 Å². The van der Waals surface area contributed by atoms with Crippen LogP contribution in [-0.2, 0) is 14.3 Å². The molecule has 0 bridgehead atoms. The lowest BCUT2D eigenvalue weighted by Gasteiger charge is -2.23. The lowest BCUT2D eigenvalue weighted by Crippen LogP contribution is -2.38. The Morgan fingerprint density at radius 1 is 1.56 bits per heavy atom. The molecule has 0 amide bonds. The van der Waals surface area contributed by atoms with Crippen LogP contribution < -0.4 is 0 Å². The molecule has 1 rings (SSSR count). The first kappa shape index (κ1) is 15.1. The molecule has 1 aliphatic rings. The summed E-state index contributed by atoms with van der Waals surface area (Å²) in [6.07, 6.45) is -1.97. The van der Waals surface area contributed by atoms with Gasteiger partial charge in [-0.25, -0.2) is 0 Å². The average molecular weight is 258 g/mol. The van der Waals surface area contributed by atoms with E-state index >= 15 is 0 Å². The molecule has 2 N–H and O–H groups in total. The highest BCUT2D eigenvalue weighted by molar-refractivity contribution is 5.69. The highest BCUT2D eigenvalue weighted by Crippen LogP contribution is 2.31. The summed E-state index contributed by atoms with van der Waals surface area (Å²) in [7, 11) is 1.33. The minimum Gasteiger partial charge on any atom is -0.469 e. The number of hydrogen-bond donors (Lipinski definition) is 2. The van der Waals surface area contributed by atoms with E-state index in [4.69, 9.17) is 4.74 Å². The lowest BCUT2D eigenvalue weighted by molar-refractivity contribution is -0.145. The molecule has 0 spiro atoms. The molecule has 0 saturated carbocycles. The number of rotatable bonds is 5. The number of carbonyl (C=O) groups is 1. The van der Waals surface area contributed by atoms with Crippen molar-refractivity contribution >= 4 is 5.97 Å². The third kappa shape index (κ3) is 3.54. The fraction of sp³-hybridized carbons (Fsp3) is 0.769. The van der Waals surface area contributed by atoms with E-state index in [1.54, 1.807) is 6.92 Å². The SMILES string of the molecule is C=C(C)[C@@H](O)[C@H](O)[C@H]1C[C@@H](C)[C@H](CC(=O)OC)O1.